The number of ether oxygens (including phenoxy) is 1. The van der Waals surface area contributed by atoms with E-state index in [0.717, 1.165) is 23.1 Å². The van der Waals surface area contributed by atoms with E-state index in [-0.39, 0.29) is 19.4 Å². The van der Waals surface area contributed by atoms with E-state index in [2.05, 4.69) is 25.1 Å². The van der Waals surface area contributed by atoms with Gasteiger partial charge in [0, 0.05) is 17.5 Å². The van der Waals surface area contributed by atoms with Gasteiger partial charge in [0.1, 0.15) is 16.3 Å². The number of nitrogens with zero attached hydrogens (tertiary/aromatic N) is 5. The van der Waals surface area contributed by atoms with E-state index in [1.165, 1.54) is 23.3 Å². The summed E-state index contributed by atoms with van der Waals surface area (Å²) in [4.78, 5) is 31.7. The van der Waals surface area contributed by atoms with Crippen LogP contribution in [0.2, 0.25) is 0 Å². The average molecular weight is 436 g/mol. The molecule has 0 aliphatic heterocycles. The van der Waals surface area contributed by atoms with Crippen molar-refractivity contribution in [3.05, 3.63) is 46.6 Å². The predicted octanol–water partition coefficient (Wildman–Crippen LogP) is 3.27. The van der Waals surface area contributed by atoms with E-state index in [1.54, 1.807) is 23.6 Å². The number of carbonyl (C=O) groups is 1. The molecule has 0 saturated carbocycles. The van der Waals surface area contributed by atoms with Gasteiger partial charge in [0.15, 0.2) is 12.4 Å². The molecule has 4 aromatic rings. The lowest BCUT2D eigenvalue weighted by Crippen LogP contribution is -2.09. The van der Waals surface area contributed by atoms with E-state index in [9.17, 15) is 4.79 Å². The van der Waals surface area contributed by atoms with Gasteiger partial charge < -0.3 is 15.0 Å². The number of fused-ring (bicyclic) bond motifs is 3. The van der Waals surface area contributed by atoms with Crippen LogP contribution < -0.4 is 5.73 Å². The van der Waals surface area contributed by atoms with Crippen LogP contribution in [0.15, 0.2) is 28.9 Å². The number of rotatable bonds is 6. The Labute approximate surface area is 181 Å². The number of esters is 1. The third kappa shape index (κ3) is 4.11. The first-order valence-electron chi connectivity index (χ1n) is 10.1. The fourth-order valence-corrected chi connectivity index (χ4v) is 4.97. The molecule has 0 atom stereocenters. The van der Waals surface area contributed by atoms with Gasteiger partial charge in [-0.3, -0.25) is 9.78 Å². The summed E-state index contributed by atoms with van der Waals surface area (Å²) in [5.74, 6) is 1.21. The van der Waals surface area contributed by atoms with Crippen molar-refractivity contribution in [1.82, 2.24) is 25.1 Å². The molecule has 9 nitrogen and oxygen atoms in total. The number of anilines is 1. The lowest BCUT2D eigenvalue weighted by Gasteiger charge is -2.10. The summed E-state index contributed by atoms with van der Waals surface area (Å²) in [5.41, 5.74) is 8.10. The normalized spacial score (nSPS) is 13.3. The van der Waals surface area contributed by atoms with Crippen molar-refractivity contribution < 1.29 is 14.1 Å². The Hall–Kier alpha value is -3.40. The highest BCUT2D eigenvalue weighted by Gasteiger charge is 2.20. The third-order valence-electron chi connectivity index (χ3n) is 5.16. The Kier molecular flexibility index (Phi) is 5.29. The highest BCUT2D eigenvalue weighted by molar-refractivity contribution is 7.19. The van der Waals surface area contributed by atoms with Crippen LogP contribution in [0.1, 0.15) is 41.4 Å². The van der Waals surface area contributed by atoms with Gasteiger partial charge in [-0.25, -0.2) is 9.97 Å². The maximum atomic E-state index is 12.2. The molecule has 2 N–H and O–H groups in total. The molecule has 0 saturated heterocycles. The van der Waals surface area contributed by atoms with Gasteiger partial charge in [-0.2, -0.15) is 4.98 Å². The number of thiophene rings is 1. The summed E-state index contributed by atoms with van der Waals surface area (Å²) in [6, 6.07) is 5.44. The minimum absolute atomic E-state index is 0.0233. The molecule has 10 heteroatoms. The van der Waals surface area contributed by atoms with Gasteiger partial charge in [0.25, 0.3) is 0 Å². The molecule has 4 heterocycles. The maximum absolute atomic E-state index is 12.2. The van der Waals surface area contributed by atoms with E-state index in [1.807, 2.05) is 12.1 Å². The molecule has 0 aromatic carbocycles. The van der Waals surface area contributed by atoms with E-state index in [0.29, 0.717) is 29.1 Å². The SMILES string of the molecule is Nc1nc(COC(=O)CCc2nc(-c3ccccn3)no2)nc2sc3c(c12)CCCC3. The van der Waals surface area contributed by atoms with Crippen LogP contribution in [-0.4, -0.2) is 31.1 Å². The van der Waals surface area contributed by atoms with Crippen molar-refractivity contribution in [1.29, 1.82) is 0 Å². The molecule has 0 spiro atoms. The zero-order chi connectivity index (χ0) is 21.2. The Morgan fingerprint density at radius 1 is 1.19 bits per heavy atom. The topological polar surface area (TPSA) is 130 Å². The van der Waals surface area contributed by atoms with Crippen molar-refractivity contribution in [2.45, 2.75) is 45.1 Å². The quantitative estimate of drug-likeness (QED) is 0.452. The third-order valence-corrected chi connectivity index (χ3v) is 6.34. The lowest BCUT2D eigenvalue weighted by atomic mass is 9.97. The minimum atomic E-state index is -0.398. The Balaban J connectivity index is 1.19. The molecule has 0 radical (unpaired) electrons. The molecule has 158 valence electrons. The van der Waals surface area contributed by atoms with Crippen molar-refractivity contribution in [2.75, 3.05) is 5.73 Å². The predicted molar refractivity (Wildman–Crippen MR) is 114 cm³/mol. The first kappa shape index (κ1) is 19.6. The summed E-state index contributed by atoms with van der Waals surface area (Å²) in [5, 5.41) is 4.86. The Morgan fingerprint density at radius 2 is 2.10 bits per heavy atom. The van der Waals surface area contributed by atoms with Crippen LogP contribution in [0.5, 0.6) is 0 Å². The number of nitrogen functional groups attached to an aromatic ring is 1. The van der Waals surface area contributed by atoms with E-state index < -0.39 is 5.97 Å². The van der Waals surface area contributed by atoms with Crippen molar-refractivity contribution >= 4 is 33.3 Å². The van der Waals surface area contributed by atoms with Crippen LogP contribution in [0.3, 0.4) is 0 Å². The number of hydrogen-bond acceptors (Lipinski definition) is 10. The van der Waals surface area contributed by atoms with Crippen molar-refractivity contribution in [3.8, 4) is 11.5 Å². The molecule has 1 aliphatic carbocycles. The molecule has 4 aromatic heterocycles. The van der Waals surface area contributed by atoms with Gasteiger partial charge >= 0.3 is 5.97 Å². The number of hydrogen-bond donors (Lipinski definition) is 1. The summed E-state index contributed by atoms with van der Waals surface area (Å²) >= 11 is 1.67. The molecule has 0 unspecified atom stereocenters. The molecule has 0 fully saturated rings. The Bertz CT molecular complexity index is 1240. The standard InChI is InChI=1S/C21H20N6O3S/c22-19-18-12-5-1-2-7-14(12)31-21(18)25-15(24-19)11-29-17(28)9-8-16-26-20(27-30-16)13-6-3-4-10-23-13/h3-4,6,10H,1-2,5,7-9,11H2,(H2,22,24,25). The second-order valence-electron chi connectivity index (χ2n) is 7.30. The Morgan fingerprint density at radius 3 is 2.97 bits per heavy atom. The molecule has 1 aliphatic rings. The first-order chi connectivity index (χ1) is 15.2. The molecule has 0 bridgehead atoms. The fraction of sp³-hybridized carbons (Fsp3) is 0.333. The maximum Gasteiger partial charge on any atom is 0.306 e. The summed E-state index contributed by atoms with van der Waals surface area (Å²) < 4.78 is 10.5. The summed E-state index contributed by atoms with van der Waals surface area (Å²) in [6.07, 6.45) is 6.49. The molecule has 31 heavy (non-hydrogen) atoms. The number of carbonyl (C=O) groups excluding carboxylic acids is 1. The van der Waals surface area contributed by atoms with E-state index >= 15 is 0 Å². The van der Waals surface area contributed by atoms with Gasteiger partial charge in [-0.05, 0) is 43.4 Å². The van der Waals surface area contributed by atoms with Gasteiger partial charge in [0.2, 0.25) is 11.7 Å². The largest absolute Gasteiger partial charge is 0.457 e. The highest BCUT2D eigenvalue weighted by Crippen LogP contribution is 2.37. The molecular weight excluding hydrogens is 416 g/mol. The van der Waals surface area contributed by atoms with Crippen molar-refractivity contribution in [3.63, 3.8) is 0 Å². The van der Waals surface area contributed by atoms with Crippen LogP contribution in [0.4, 0.5) is 5.82 Å². The van der Waals surface area contributed by atoms with Gasteiger partial charge in [-0.1, -0.05) is 11.2 Å². The second-order valence-corrected chi connectivity index (χ2v) is 8.39. The molecule has 5 rings (SSSR count). The molecular formula is C21H20N6O3S. The van der Waals surface area contributed by atoms with Gasteiger partial charge in [0.05, 0.1) is 11.8 Å². The van der Waals surface area contributed by atoms with Gasteiger partial charge in [-0.15, -0.1) is 11.3 Å². The molecule has 0 amide bonds. The summed E-state index contributed by atoms with van der Waals surface area (Å²) in [7, 11) is 0. The number of nitrogens with two attached hydrogens (primary N) is 1. The van der Waals surface area contributed by atoms with Crippen LogP contribution in [0.25, 0.3) is 21.7 Å². The van der Waals surface area contributed by atoms with Crippen LogP contribution in [-0.2, 0) is 35.4 Å². The summed E-state index contributed by atoms with van der Waals surface area (Å²) in [6.45, 7) is -0.0233. The first-order valence-corrected chi connectivity index (χ1v) is 11.0. The average Bonchev–Trinajstić information content (AvgIpc) is 3.41. The minimum Gasteiger partial charge on any atom is -0.457 e. The smallest absolute Gasteiger partial charge is 0.306 e. The van der Waals surface area contributed by atoms with Crippen molar-refractivity contribution in [2.24, 2.45) is 0 Å². The number of aryl methyl sites for hydroxylation is 3. The lowest BCUT2D eigenvalue weighted by molar-refractivity contribution is -0.145. The van der Waals surface area contributed by atoms with Crippen LogP contribution in [0, 0.1) is 0 Å². The van der Waals surface area contributed by atoms with E-state index in [4.69, 9.17) is 15.0 Å². The fourth-order valence-electron chi connectivity index (χ4n) is 3.68. The number of aromatic nitrogens is 5. The zero-order valence-corrected chi connectivity index (χ0v) is 17.5. The monoisotopic (exact) mass is 436 g/mol. The highest BCUT2D eigenvalue weighted by atomic mass is 32.1. The second kappa shape index (κ2) is 8.38. The number of pyridine rings is 1. The zero-order valence-electron chi connectivity index (χ0n) is 16.7. The van der Waals surface area contributed by atoms with Crippen LogP contribution >= 0.6 is 11.3 Å².